The molecule has 0 aliphatic carbocycles. The van der Waals surface area contributed by atoms with E-state index in [1.54, 1.807) is 0 Å². The molecule has 116 valence electrons. The Balaban J connectivity index is 2.22. The summed E-state index contributed by atoms with van der Waals surface area (Å²) in [4.78, 5) is 11.3. The lowest BCUT2D eigenvalue weighted by Crippen LogP contribution is -2.15. The van der Waals surface area contributed by atoms with Gasteiger partial charge in [0, 0.05) is 6.04 Å². The normalized spacial score (nSPS) is 13.3. The molecule has 0 saturated carbocycles. The van der Waals surface area contributed by atoms with Crippen LogP contribution >= 0.6 is 11.8 Å². The molecular weight excluding hydrogens is 300 g/mol. The molecule has 0 fully saturated rings. The number of nitrogens with zero attached hydrogens (tertiary/aromatic N) is 4. The van der Waals surface area contributed by atoms with Gasteiger partial charge < -0.3 is 9.67 Å². The summed E-state index contributed by atoms with van der Waals surface area (Å²) in [6.45, 7) is 6.06. The van der Waals surface area contributed by atoms with Crippen molar-refractivity contribution in [2.75, 3.05) is 0 Å². The van der Waals surface area contributed by atoms with Crippen molar-refractivity contribution in [2.45, 2.75) is 43.6 Å². The first kappa shape index (κ1) is 14.9. The van der Waals surface area contributed by atoms with Gasteiger partial charge in [0.1, 0.15) is 5.25 Å². The zero-order valence-corrected chi connectivity index (χ0v) is 13.5. The zero-order valence-electron chi connectivity index (χ0n) is 12.7. The largest absolute Gasteiger partial charge is 0.480 e. The van der Waals surface area contributed by atoms with Crippen molar-refractivity contribution in [3.63, 3.8) is 0 Å². The van der Waals surface area contributed by atoms with Gasteiger partial charge in [-0.05, 0) is 32.4 Å². The van der Waals surface area contributed by atoms with Crippen LogP contribution in [0.15, 0.2) is 29.4 Å². The van der Waals surface area contributed by atoms with Crippen LogP contribution in [-0.4, -0.2) is 35.5 Å². The summed E-state index contributed by atoms with van der Waals surface area (Å²) in [6, 6.07) is 8.26. The number of carboxylic acid groups (broad SMARTS) is 1. The van der Waals surface area contributed by atoms with E-state index in [2.05, 4.69) is 28.6 Å². The highest BCUT2D eigenvalue weighted by Crippen LogP contribution is 2.30. The Morgan fingerprint density at radius 2 is 1.95 bits per heavy atom. The SMILES string of the molecule is CCC(Sc1nnc2n(C(C)C)c3ccccc3n12)C(=O)O. The lowest BCUT2D eigenvalue weighted by atomic mass is 10.3. The van der Waals surface area contributed by atoms with Crippen LogP contribution in [0.2, 0.25) is 0 Å². The number of fused-ring (bicyclic) bond motifs is 3. The van der Waals surface area contributed by atoms with E-state index < -0.39 is 11.2 Å². The van der Waals surface area contributed by atoms with E-state index in [1.165, 1.54) is 11.8 Å². The zero-order chi connectivity index (χ0) is 15.9. The minimum absolute atomic E-state index is 0.242. The second-order valence-corrected chi connectivity index (χ2v) is 6.59. The van der Waals surface area contributed by atoms with Crippen molar-refractivity contribution < 1.29 is 9.90 Å². The molecule has 1 atom stereocenters. The molecule has 6 nitrogen and oxygen atoms in total. The maximum atomic E-state index is 11.3. The monoisotopic (exact) mass is 318 g/mol. The summed E-state index contributed by atoms with van der Waals surface area (Å²) >= 11 is 1.25. The lowest BCUT2D eigenvalue weighted by Gasteiger charge is -2.07. The number of rotatable bonds is 5. The molecule has 3 aromatic rings. The quantitative estimate of drug-likeness (QED) is 0.731. The van der Waals surface area contributed by atoms with Gasteiger partial charge in [-0.1, -0.05) is 30.8 Å². The molecule has 3 rings (SSSR count). The van der Waals surface area contributed by atoms with Crippen LogP contribution in [0.4, 0.5) is 0 Å². The molecule has 0 aliphatic rings. The van der Waals surface area contributed by atoms with E-state index >= 15 is 0 Å². The fourth-order valence-corrected chi connectivity index (χ4v) is 3.51. The molecular formula is C15H18N4O2S. The van der Waals surface area contributed by atoms with E-state index in [4.69, 9.17) is 0 Å². The molecule has 1 aromatic carbocycles. The maximum absolute atomic E-state index is 11.3. The predicted octanol–water partition coefficient (Wildman–Crippen LogP) is 3.22. The van der Waals surface area contributed by atoms with Crippen LogP contribution in [0, 0.1) is 0 Å². The third-order valence-corrected chi connectivity index (χ3v) is 4.92. The van der Waals surface area contributed by atoms with Crippen LogP contribution < -0.4 is 0 Å². The molecule has 0 bridgehead atoms. The van der Waals surface area contributed by atoms with Crippen molar-refractivity contribution in [1.82, 2.24) is 19.2 Å². The van der Waals surface area contributed by atoms with Crippen LogP contribution in [0.5, 0.6) is 0 Å². The van der Waals surface area contributed by atoms with Gasteiger partial charge >= 0.3 is 5.97 Å². The number of hydrogen-bond donors (Lipinski definition) is 1. The number of aliphatic carboxylic acids is 1. The van der Waals surface area contributed by atoms with Gasteiger partial charge in [0.2, 0.25) is 5.78 Å². The van der Waals surface area contributed by atoms with Crippen molar-refractivity contribution in [1.29, 1.82) is 0 Å². The number of aromatic nitrogens is 4. The molecule has 0 amide bonds. The highest BCUT2D eigenvalue weighted by atomic mass is 32.2. The molecule has 1 N–H and O–H groups in total. The van der Waals surface area contributed by atoms with E-state index in [9.17, 15) is 9.90 Å². The van der Waals surface area contributed by atoms with Gasteiger partial charge in [-0.25, -0.2) is 0 Å². The number of hydrogen-bond acceptors (Lipinski definition) is 4. The second kappa shape index (κ2) is 5.64. The molecule has 0 aliphatic heterocycles. The highest BCUT2D eigenvalue weighted by Gasteiger charge is 2.23. The van der Waals surface area contributed by atoms with Crippen molar-refractivity contribution in [3.05, 3.63) is 24.3 Å². The van der Waals surface area contributed by atoms with Gasteiger partial charge in [0.25, 0.3) is 0 Å². The van der Waals surface area contributed by atoms with Crippen LogP contribution in [-0.2, 0) is 4.79 Å². The van der Waals surface area contributed by atoms with Crippen LogP contribution in [0.3, 0.4) is 0 Å². The Kier molecular flexibility index (Phi) is 3.82. The number of carbonyl (C=O) groups is 1. The van der Waals surface area contributed by atoms with Crippen molar-refractivity contribution in [2.24, 2.45) is 0 Å². The van der Waals surface area contributed by atoms with Gasteiger partial charge in [-0.15, -0.1) is 10.2 Å². The van der Waals surface area contributed by atoms with E-state index in [0.717, 1.165) is 16.8 Å². The fraction of sp³-hybridized carbons (Fsp3) is 0.400. The van der Waals surface area contributed by atoms with Gasteiger partial charge in [0.15, 0.2) is 5.16 Å². The molecule has 7 heteroatoms. The smallest absolute Gasteiger partial charge is 0.317 e. The summed E-state index contributed by atoms with van der Waals surface area (Å²) in [6.07, 6.45) is 0.539. The Bertz CT molecular complexity index is 837. The number of thioether (sulfide) groups is 1. The second-order valence-electron chi connectivity index (χ2n) is 5.42. The third-order valence-electron chi connectivity index (χ3n) is 3.62. The highest BCUT2D eigenvalue weighted by molar-refractivity contribution is 8.00. The Hall–Kier alpha value is -2.02. The molecule has 22 heavy (non-hydrogen) atoms. The van der Waals surface area contributed by atoms with Gasteiger partial charge in [-0.3, -0.25) is 9.20 Å². The molecule has 0 radical (unpaired) electrons. The average molecular weight is 318 g/mol. The lowest BCUT2D eigenvalue weighted by molar-refractivity contribution is -0.136. The van der Waals surface area contributed by atoms with Crippen molar-refractivity contribution >= 4 is 34.5 Å². The van der Waals surface area contributed by atoms with E-state index in [0.29, 0.717) is 11.6 Å². The summed E-state index contributed by atoms with van der Waals surface area (Å²) in [5.74, 6) is -0.0733. The molecule has 0 spiro atoms. The summed E-state index contributed by atoms with van der Waals surface area (Å²) in [5, 5.41) is 17.9. The van der Waals surface area contributed by atoms with Gasteiger partial charge in [0.05, 0.1) is 11.0 Å². The van der Waals surface area contributed by atoms with E-state index in [-0.39, 0.29) is 6.04 Å². The minimum atomic E-state index is -0.822. The third kappa shape index (κ3) is 2.25. The predicted molar refractivity (Wildman–Crippen MR) is 86.4 cm³/mol. The summed E-state index contributed by atoms with van der Waals surface area (Å²) in [5.41, 5.74) is 2.08. The minimum Gasteiger partial charge on any atom is -0.480 e. The number of benzene rings is 1. The topological polar surface area (TPSA) is 72.4 Å². The summed E-state index contributed by atoms with van der Waals surface area (Å²) < 4.78 is 4.07. The van der Waals surface area contributed by atoms with E-state index in [1.807, 2.05) is 35.6 Å². The van der Waals surface area contributed by atoms with Crippen molar-refractivity contribution in [3.8, 4) is 0 Å². The number of imidazole rings is 1. The fourth-order valence-electron chi connectivity index (χ4n) is 2.61. The molecule has 1 unspecified atom stereocenters. The first-order valence-electron chi connectivity index (χ1n) is 7.28. The molecule has 2 aromatic heterocycles. The summed E-state index contributed by atoms with van der Waals surface area (Å²) in [7, 11) is 0. The number of carboxylic acids is 1. The first-order valence-corrected chi connectivity index (χ1v) is 8.16. The average Bonchev–Trinajstić information content (AvgIpc) is 3.01. The van der Waals surface area contributed by atoms with Crippen LogP contribution in [0.1, 0.15) is 33.2 Å². The molecule has 0 saturated heterocycles. The van der Waals surface area contributed by atoms with Crippen LogP contribution in [0.25, 0.3) is 16.8 Å². The Morgan fingerprint density at radius 1 is 1.27 bits per heavy atom. The Labute approximate surface area is 132 Å². The number of para-hydroxylation sites is 2. The van der Waals surface area contributed by atoms with Gasteiger partial charge in [-0.2, -0.15) is 0 Å². The maximum Gasteiger partial charge on any atom is 0.317 e. The first-order chi connectivity index (χ1) is 10.5. The molecule has 2 heterocycles. The Morgan fingerprint density at radius 3 is 2.55 bits per heavy atom. The standard InChI is InChI=1S/C15H18N4O2S/c1-4-12(13(20)21)22-15-17-16-14-18(9(2)3)10-7-5-6-8-11(10)19(14)15/h5-9,12H,4H2,1-3H3,(H,20,21).